The number of halogens is 6. The van der Waals surface area contributed by atoms with Gasteiger partial charge in [-0.05, 0) is 36.6 Å². The minimum absolute atomic E-state index is 0.0838. The van der Waals surface area contributed by atoms with Gasteiger partial charge in [0.15, 0.2) is 0 Å². The number of benzene rings is 2. The van der Waals surface area contributed by atoms with Crippen LogP contribution < -0.4 is 0 Å². The Morgan fingerprint density at radius 3 is 1.96 bits per heavy atom. The Balaban J connectivity index is 2.11. The van der Waals surface area contributed by atoms with Gasteiger partial charge in [-0.3, -0.25) is 0 Å². The summed E-state index contributed by atoms with van der Waals surface area (Å²) in [4.78, 5) is -0.959. The maximum absolute atomic E-state index is 13.4. The molecular formula is C18H15F6NO2S. The van der Waals surface area contributed by atoms with Crippen molar-refractivity contribution in [3.63, 3.8) is 0 Å². The van der Waals surface area contributed by atoms with Crippen LogP contribution in [0.3, 0.4) is 0 Å². The van der Waals surface area contributed by atoms with Gasteiger partial charge in [0.25, 0.3) is 0 Å². The van der Waals surface area contributed by atoms with Gasteiger partial charge in [0.05, 0.1) is 22.1 Å². The average Bonchev–Trinajstić information content (AvgIpc) is 3.11. The number of hydrogen-bond acceptors (Lipinski definition) is 2. The van der Waals surface area contributed by atoms with Gasteiger partial charge in [-0.25, -0.2) is 8.42 Å². The molecule has 3 nitrogen and oxygen atoms in total. The van der Waals surface area contributed by atoms with Gasteiger partial charge in [-0.2, -0.15) is 30.6 Å². The third-order valence-corrected chi connectivity index (χ3v) is 6.57. The van der Waals surface area contributed by atoms with E-state index in [1.54, 1.807) is 0 Å². The molecule has 1 fully saturated rings. The maximum Gasteiger partial charge on any atom is 0.417 e. The Morgan fingerprint density at radius 2 is 1.36 bits per heavy atom. The first-order valence-corrected chi connectivity index (χ1v) is 9.72. The molecule has 1 unspecified atom stereocenters. The molecule has 0 saturated carbocycles. The highest BCUT2D eigenvalue weighted by Crippen LogP contribution is 2.44. The van der Waals surface area contributed by atoms with E-state index in [1.807, 2.05) is 0 Å². The summed E-state index contributed by atoms with van der Waals surface area (Å²) in [6.07, 6.45) is -9.30. The molecule has 1 aliphatic heterocycles. The fourth-order valence-corrected chi connectivity index (χ4v) is 5.32. The van der Waals surface area contributed by atoms with Crippen molar-refractivity contribution in [1.29, 1.82) is 0 Å². The van der Waals surface area contributed by atoms with E-state index in [0.717, 1.165) is 34.6 Å². The number of alkyl halides is 6. The molecule has 1 saturated heterocycles. The summed E-state index contributed by atoms with van der Waals surface area (Å²) >= 11 is 0. The van der Waals surface area contributed by atoms with Crippen molar-refractivity contribution in [2.45, 2.75) is 36.1 Å². The summed E-state index contributed by atoms with van der Waals surface area (Å²) in [6.45, 7) is -0.161. The lowest BCUT2D eigenvalue weighted by molar-refractivity contribution is -0.140. The van der Waals surface area contributed by atoms with Crippen molar-refractivity contribution < 1.29 is 34.8 Å². The molecule has 152 valence electrons. The molecule has 0 aromatic heterocycles. The summed E-state index contributed by atoms with van der Waals surface area (Å²) in [7, 11) is -4.67. The van der Waals surface area contributed by atoms with Crippen LogP contribution in [-0.2, 0) is 22.4 Å². The third kappa shape index (κ3) is 3.75. The molecule has 1 atom stereocenters. The molecule has 0 radical (unpaired) electrons. The predicted molar refractivity (Wildman–Crippen MR) is 88.8 cm³/mol. The van der Waals surface area contributed by atoms with Crippen molar-refractivity contribution in [3.8, 4) is 0 Å². The molecule has 0 aliphatic carbocycles. The first kappa shape index (κ1) is 20.7. The summed E-state index contributed by atoms with van der Waals surface area (Å²) in [5, 5.41) is 0. The number of hydrogen-bond donors (Lipinski definition) is 0. The van der Waals surface area contributed by atoms with Crippen LogP contribution >= 0.6 is 0 Å². The Bertz CT molecular complexity index is 969. The molecule has 1 heterocycles. The quantitative estimate of drug-likeness (QED) is 0.633. The van der Waals surface area contributed by atoms with E-state index in [0.29, 0.717) is 6.07 Å². The molecule has 0 bridgehead atoms. The van der Waals surface area contributed by atoms with Crippen LogP contribution in [0.25, 0.3) is 0 Å². The van der Waals surface area contributed by atoms with E-state index >= 15 is 0 Å². The zero-order valence-electron chi connectivity index (χ0n) is 14.3. The number of rotatable bonds is 3. The van der Waals surface area contributed by atoms with Crippen molar-refractivity contribution in [2.75, 3.05) is 6.54 Å². The molecular weight excluding hydrogens is 408 g/mol. The van der Waals surface area contributed by atoms with E-state index in [9.17, 15) is 34.8 Å². The van der Waals surface area contributed by atoms with Crippen LogP contribution in [0.5, 0.6) is 0 Å². The predicted octanol–water partition coefficient (Wildman–Crippen LogP) is 5.25. The fraction of sp³-hybridized carbons (Fsp3) is 0.333. The number of nitrogens with zero attached hydrogens (tertiary/aromatic N) is 1. The molecule has 2 aromatic rings. The van der Waals surface area contributed by atoms with Gasteiger partial charge in [0, 0.05) is 6.54 Å². The van der Waals surface area contributed by atoms with E-state index < -0.39 is 44.4 Å². The third-order valence-electron chi connectivity index (χ3n) is 4.61. The van der Waals surface area contributed by atoms with Crippen LogP contribution in [0.2, 0.25) is 0 Å². The van der Waals surface area contributed by atoms with Gasteiger partial charge in [0.1, 0.15) is 0 Å². The summed E-state index contributed by atoms with van der Waals surface area (Å²) in [5.41, 5.74) is -2.60. The van der Waals surface area contributed by atoms with Crippen LogP contribution in [0.4, 0.5) is 26.3 Å². The Labute approximate surface area is 157 Å². The molecule has 0 N–H and O–H groups in total. The van der Waals surface area contributed by atoms with Crippen molar-refractivity contribution in [1.82, 2.24) is 4.31 Å². The fourth-order valence-electron chi connectivity index (χ4n) is 3.44. The summed E-state index contributed by atoms with van der Waals surface area (Å²) in [6, 6.07) is 7.00. The van der Waals surface area contributed by atoms with Gasteiger partial charge in [-0.15, -0.1) is 0 Å². The Morgan fingerprint density at radius 1 is 0.821 bits per heavy atom. The van der Waals surface area contributed by atoms with Crippen molar-refractivity contribution in [3.05, 3.63) is 65.2 Å². The monoisotopic (exact) mass is 423 g/mol. The molecule has 10 heteroatoms. The smallest absolute Gasteiger partial charge is 0.207 e. The molecule has 1 aliphatic rings. The van der Waals surface area contributed by atoms with Gasteiger partial charge >= 0.3 is 12.4 Å². The van der Waals surface area contributed by atoms with Crippen LogP contribution in [0.1, 0.15) is 35.6 Å². The van der Waals surface area contributed by atoms with Crippen LogP contribution in [0, 0.1) is 0 Å². The highest BCUT2D eigenvalue weighted by Gasteiger charge is 2.44. The second-order valence-corrected chi connectivity index (χ2v) is 8.21. The normalized spacial score (nSPS) is 19.1. The van der Waals surface area contributed by atoms with E-state index in [4.69, 9.17) is 0 Å². The van der Waals surface area contributed by atoms with Gasteiger partial charge in [0.2, 0.25) is 10.0 Å². The lowest BCUT2D eigenvalue weighted by Crippen LogP contribution is -2.33. The second-order valence-electron chi connectivity index (χ2n) is 6.35. The Hall–Kier alpha value is -2.07. The molecule has 3 rings (SSSR count). The first-order chi connectivity index (χ1) is 12.9. The lowest BCUT2D eigenvalue weighted by Gasteiger charge is -2.27. The van der Waals surface area contributed by atoms with Crippen LogP contribution in [-0.4, -0.2) is 19.3 Å². The average molecular weight is 423 g/mol. The van der Waals surface area contributed by atoms with E-state index in [1.165, 1.54) is 12.1 Å². The zero-order valence-corrected chi connectivity index (χ0v) is 15.1. The summed E-state index contributed by atoms with van der Waals surface area (Å²) in [5.74, 6) is 0. The van der Waals surface area contributed by atoms with Crippen LogP contribution in [0.15, 0.2) is 53.4 Å². The minimum atomic E-state index is -4.91. The molecule has 2 aromatic carbocycles. The highest BCUT2D eigenvalue weighted by molar-refractivity contribution is 7.89. The standard InChI is InChI=1S/C18H15F6NO2S/c19-17(20,21)13-7-2-1-6-12(13)15-9-5-11-25(15)28(26,27)16-10-4-3-8-14(16)18(22,23)24/h1-4,6-8,10,15H,5,9,11H2. The molecule has 28 heavy (non-hydrogen) atoms. The summed E-state index contributed by atoms with van der Waals surface area (Å²) < 4.78 is 107. The molecule has 0 amide bonds. The Kier molecular flexibility index (Phi) is 5.22. The molecule has 0 spiro atoms. The lowest BCUT2D eigenvalue weighted by atomic mass is 9.99. The van der Waals surface area contributed by atoms with Gasteiger partial charge < -0.3 is 0 Å². The van der Waals surface area contributed by atoms with Crippen molar-refractivity contribution >= 4 is 10.0 Å². The zero-order chi connectivity index (χ0) is 20.7. The largest absolute Gasteiger partial charge is 0.417 e. The maximum atomic E-state index is 13.4. The van der Waals surface area contributed by atoms with E-state index in [2.05, 4.69) is 0 Å². The SMILES string of the molecule is O=S(=O)(c1ccccc1C(F)(F)F)N1CCCC1c1ccccc1C(F)(F)F. The number of sulfonamides is 1. The topological polar surface area (TPSA) is 37.4 Å². The minimum Gasteiger partial charge on any atom is -0.207 e. The van der Waals surface area contributed by atoms with Crippen molar-refractivity contribution in [2.24, 2.45) is 0 Å². The van der Waals surface area contributed by atoms with E-state index in [-0.39, 0.29) is 24.9 Å². The first-order valence-electron chi connectivity index (χ1n) is 8.28. The second kappa shape index (κ2) is 7.07. The highest BCUT2D eigenvalue weighted by atomic mass is 32.2. The van der Waals surface area contributed by atoms with Gasteiger partial charge in [-0.1, -0.05) is 30.3 Å².